The predicted molar refractivity (Wildman–Crippen MR) is 190 cm³/mol. The molecule has 7 nitrogen and oxygen atoms in total. The lowest BCUT2D eigenvalue weighted by molar-refractivity contribution is -0.117. The molecule has 1 aromatic heterocycles. The SMILES string of the molecule is C=CC1C(C(=O)NCCS(C)(=O)=O)=CC=c2c1cn(CC1CCCC(=CC(=O)C3=CC=C(OC4=CCC(C(C)(F)F)C=C4)CC3)CC1)c2=C. The Bertz CT molecular complexity index is 1900. The highest BCUT2D eigenvalue weighted by Gasteiger charge is 2.32. The quantitative estimate of drug-likeness (QED) is 0.168. The van der Waals surface area contributed by atoms with Gasteiger partial charge < -0.3 is 14.6 Å². The van der Waals surface area contributed by atoms with Crippen LogP contribution in [0.15, 0.2) is 89.6 Å². The fourth-order valence-electron chi connectivity index (χ4n) is 6.88. The van der Waals surface area contributed by atoms with Crippen molar-refractivity contribution in [1.29, 1.82) is 0 Å². The number of halogens is 2. The number of allylic oxidation sites excluding steroid dienone is 11. The molecule has 0 aliphatic heterocycles. The zero-order chi connectivity index (χ0) is 35.3. The first kappa shape index (κ1) is 36.2. The summed E-state index contributed by atoms with van der Waals surface area (Å²) in [7, 11) is -3.18. The molecule has 0 spiro atoms. The summed E-state index contributed by atoms with van der Waals surface area (Å²) in [5, 5.41) is 4.57. The summed E-state index contributed by atoms with van der Waals surface area (Å²) < 4.78 is 58.1. The number of hydrogen-bond donors (Lipinski definition) is 1. The Balaban J connectivity index is 1.16. The van der Waals surface area contributed by atoms with Crippen LogP contribution in [0.25, 0.3) is 12.7 Å². The summed E-state index contributed by atoms with van der Waals surface area (Å²) in [5.74, 6) is -2.64. The molecule has 4 aliphatic carbocycles. The number of aromatic nitrogens is 1. The van der Waals surface area contributed by atoms with Gasteiger partial charge in [-0.3, -0.25) is 9.59 Å². The standard InChI is InChI=1S/C39H46F2N2O5S/c1-5-33-35(38(45)42-21-22-49(4,46)47)20-19-34-26(2)43(25-36(33)34)24-28-8-6-7-27(9-10-28)23-37(44)29-11-15-31(16-12-29)48-32-17-13-30(14-18-32)39(3,40)41/h5,11,13,15,17-20,23,25,28,30,33H,1-2,6-10,12,14,16,21-22,24H2,3-4H3,(H,42,45). The van der Waals surface area contributed by atoms with Gasteiger partial charge in [0.05, 0.1) is 5.75 Å². The number of nitrogens with zero attached hydrogens (tertiary/aromatic N) is 1. The smallest absolute Gasteiger partial charge is 0.251 e. The summed E-state index contributed by atoms with van der Waals surface area (Å²) in [6, 6.07) is 0. The third-order valence-corrected chi connectivity index (χ3v) is 10.7. The lowest BCUT2D eigenvalue weighted by Crippen LogP contribution is -2.35. The van der Waals surface area contributed by atoms with E-state index >= 15 is 0 Å². The first-order valence-corrected chi connectivity index (χ1v) is 19.0. The zero-order valence-electron chi connectivity index (χ0n) is 28.4. The van der Waals surface area contributed by atoms with Gasteiger partial charge in [0.15, 0.2) is 5.78 Å². The molecule has 3 atom stereocenters. The first-order chi connectivity index (χ1) is 23.2. The maximum Gasteiger partial charge on any atom is 0.251 e. The number of carbonyl (C=O) groups excluding carboxylic acids is 2. The van der Waals surface area contributed by atoms with E-state index in [0.29, 0.717) is 35.9 Å². The fraction of sp³-hybridized carbons (Fsp3) is 0.436. The topological polar surface area (TPSA) is 94.5 Å². The zero-order valence-corrected chi connectivity index (χ0v) is 29.2. The van der Waals surface area contributed by atoms with Crippen molar-refractivity contribution < 1.29 is 31.5 Å². The van der Waals surface area contributed by atoms with Gasteiger partial charge in [-0.1, -0.05) is 42.5 Å². The van der Waals surface area contributed by atoms with Crippen molar-refractivity contribution >= 4 is 34.2 Å². The van der Waals surface area contributed by atoms with Crippen molar-refractivity contribution in [3.63, 3.8) is 0 Å². The monoisotopic (exact) mass is 692 g/mol. The average Bonchev–Trinajstić information content (AvgIpc) is 3.20. The van der Waals surface area contributed by atoms with Crippen LogP contribution in [0.2, 0.25) is 0 Å². The highest BCUT2D eigenvalue weighted by Crippen LogP contribution is 2.34. The molecule has 1 aromatic rings. The first-order valence-electron chi connectivity index (χ1n) is 17.0. The molecule has 10 heteroatoms. The van der Waals surface area contributed by atoms with Crippen molar-refractivity contribution in [3.8, 4) is 0 Å². The van der Waals surface area contributed by atoms with Crippen molar-refractivity contribution in [2.75, 3.05) is 18.6 Å². The van der Waals surface area contributed by atoms with Gasteiger partial charge in [0, 0.05) is 65.5 Å². The van der Waals surface area contributed by atoms with Crippen molar-refractivity contribution in [3.05, 3.63) is 106 Å². The predicted octanol–water partition coefficient (Wildman–Crippen LogP) is 5.86. The molecule has 1 amide bonds. The van der Waals surface area contributed by atoms with Gasteiger partial charge in [0.1, 0.15) is 21.4 Å². The van der Waals surface area contributed by atoms with Gasteiger partial charge in [0.2, 0.25) is 5.91 Å². The summed E-state index contributed by atoms with van der Waals surface area (Å²) in [6.07, 6.45) is 24.9. The van der Waals surface area contributed by atoms with Gasteiger partial charge in [-0.2, -0.15) is 0 Å². The van der Waals surface area contributed by atoms with Crippen LogP contribution in [0.1, 0.15) is 69.8 Å². The minimum atomic E-state index is -3.18. The number of alkyl halides is 2. The highest BCUT2D eigenvalue weighted by atomic mass is 32.2. The number of amides is 1. The van der Waals surface area contributed by atoms with Crippen molar-refractivity contribution in [2.24, 2.45) is 11.8 Å². The normalized spacial score (nSPS) is 23.6. The van der Waals surface area contributed by atoms with E-state index in [4.69, 9.17) is 4.74 Å². The number of rotatable bonds is 12. The van der Waals surface area contributed by atoms with E-state index in [0.717, 1.165) is 79.1 Å². The number of hydrogen-bond acceptors (Lipinski definition) is 5. The Morgan fingerprint density at radius 3 is 2.57 bits per heavy atom. The molecular formula is C39H46F2N2O5S. The molecule has 262 valence electrons. The molecule has 4 aliphatic rings. The van der Waals surface area contributed by atoms with Crippen LogP contribution in [0, 0.1) is 11.8 Å². The Morgan fingerprint density at radius 1 is 1.12 bits per heavy atom. The van der Waals surface area contributed by atoms with Crippen LogP contribution in [-0.4, -0.2) is 49.2 Å². The number of nitrogens with one attached hydrogen (secondary N) is 1. The molecule has 1 heterocycles. The number of fused-ring (bicyclic) bond motifs is 1. The molecule has 1 N–H and O–H groups in total. The lowest BCUT2D eigenvalue weighted by Gasteiger charge is -2.23. The number of carbonyl (C=O) groups is 2. The maximum atomic E-state index is 13.6. The van der Waals surface area contributed by atoms with Crippen LogP contribution in [0.4, 0.5) is 8.78 Å². The Morgan fingerprint density at radius 2 is 1.92 bits per heavy atom. The fourth-order valence-corrected chi connectivity index (χ4v) is 7.35. The number of sulfone groups is 1. The van der Waals surface area contributed by atoms with Gasteiger partial charge in [0.25, 0.3) is 5.92 Å². The molecule has 5 rings (SSSR count). The highest BCUT2D eigenvalue weighted by molar-refractivity contribution is 7.90. The maximum absolute atomic E-state index is 13.6. The molecule has 0 aromatic carbocycles. The summed E-state index contributed by atoms with van der Waals surface area (Å²) in [4.78, 5) is 26.1. The van der Waals surface area contributed by atoms with Crippen molar-refractivity contribution in [1.82, 2.24) is 9.88 Å². The van der Waals surface area contributed by atoms with E-state index in [1.807, 2.05) is 18.2 Å². The van der Waals surface area contributed by atoms with Gasteiger partial charge in [-0.25, -0.2) is 17.2 Å². The molecular weight excluding hydrogens is 647 g/mol. The average molecular weight is 693 g/mol. The van der Waals surface area contributed by atoms with E-state index in [9.17, 15) is 26.8 Å². The summed E-state index contributed by atoms with van der Waals surface area (Å²) in [6.45, 7) is 10.1. The minimum Gasteiger partial charge on any atom is -0.462 e. The molecule has 49 heavy (non-hydrogen) atoms. The van der Waals surface area contributed by atoms with E-state index < -0.39 is 21.7 Å². The van der Waals surface area contributed by atoms with Gasteiger partial charge in [-0.15, -0.1) is 6.58 Å². The number of ketones is 1. The Hall–Kier alpha value is -4.05. The molecule has 3 unspecified atom stereocenters. The summed E-state index contributed by atoms with van der Waals surface area (Å²) in [5.41, 5.74) is 3.38. The Kier molecular flexibility index (Phi) is 11.3. The van der Waals surface area contributed by atoms with Crippen LogP contribution in [0.3, 0.4) is 0 Å². The largest absolute Gasteiger partial charge is 0.462 e. The molecule has 1 fully saturated rings. The molecule has 1 saturated carbocycles. The van der Waals surface area contributed by atoms with Crippen molar-refractivity contribution in [2.45, 2.75) is 76.7 Å². The lowest BCUT2D eigenvalue weighted by atomic mass is 9.87. The second kappa shape index (κ2) is 15.2. The van der Waals surface area contributed by atoms with E-state index in [1.54, 1.807) is 30.4 Å². The van der Waals surface area contributed by atoms with Gasteiger partial charge >= 0.3 is 0 Å². The van der Waals surface area contributed by atoms with Crippen LogP contribution in [0.5, 0.6) is 0 Å². The van der Waals surface area contributed by atoms with Gasteiger partial charge in [-0.05, 0) is 87.7 Å². The third kappa shape index (κ3) is 9.35. The van der Waals surface area contributed by atoms with E-state index in [-0.39, 0.29) is 36.3 Å². The van der Waals surface area contributed by atoms with E-state index in [2.05, 4.69) is 29.2 Å². The second-order valence-corrected chi connectivity index (χ2v) is 15.9. The minimum absolute atomic E-state index is 0.0290. The van der Waals surface area contributed by atoms with E-state index in [1.165, 1.54) is 6.08 Å². The number of ether oxygens (including phenoxy) is 1. The molecule has 0 radical (unpaired) electrons. The van der Waals surface area contributed by atoms with Crippen LogP contribution < -0.4 is 15.9 Å². The second-order valence-electron chi connectivity index (χ2n) is 13.6. The third-order valence-electron chi connectivity index (χ3n) is 9.79. The Labute approximate surface area is 287 Å². The molecule has 0 bridgehead atoms. The van der Waals surface area contributed by atoms with Crippen LogP contribution >= 0.6 is 0 Å². The molecule has 0 saturated heterocycles. The van der Waals surface area contributed by atoms with Crippen LogP contribution in [-0.2, 0) is 30.7 Å². The summed E-state index contributed by atoms with van der Waals surface area (Å²) >= 11 is 0.